The van der Waals surface area contributed by atoms with Crippen molar-refractivity contribution in [3.8, 4) is 5.75 Å². The summed E-state index contributed by atoms with van der Waals surface area (Å²) in [5.41, 5.74) is 7.34. The Kier molecular flexibility index (Phi) is 8.32. The second kappa shape index (κ2) is 11.0. The molecule has 0 aromatic heterocycles. The number of anilines is 1. The molecule has 1 atom stereocenters. The molecule has 0 unspecified atom stereocenters. The van der Waals surface area contributed by atoms with Crippen molar-refractivity contribution in [1.29, 1.82) is 0 Å². The van der Waals surface area contributed by atoms with Gasteiger partial charge in [-0.05, 0) is 57.0 Å². The molecule has 2 aromatic carbocycles. The number of para-hydroxylation sites is 1. The van der Waals surface area contributed by atoms with Crippen LogP contribution in [0.1, 0.15) is 24.8 Å². The second-order valence-corrected chi connectivity index (χ2v) is 6.36. The summed E-state index contributed by atoms with van der Waals surface area (Å²) in [6, 6.07) is 16.0. The molecule has 2 amide bonds. The minimum Gasteiger partial charge on any atom is -0.484 e. The van der Waals surface area contributed by atoms with E-state index in [4.69, 9.17) is 10.5 Å². The third-order valence-electron chi connectivity index (χ3n) is 4.03. The largest absolute Gasteiger partial charge is 0.484 e. The van der Waals surface area contributed by atoms with Crippen molar-refractivity contribution < 1.29 is 14.3 Å². The zero-order chi connectivity index (χ0) is 19.5. The van der Waals surface area contributed by atoms with Crippen molar-refractivity contribution in [2.24, 2.45) is 5.73 Å². The van der Waals surface area contributed by atoms with Gasteiger partial charge in [0.1, 0.15) is 11.8 Å². The van der Waals surface area contributed by atoms with Crippen LogP contribution in [0.2, 0.25) is 0 Å². The molecule has 0 heterocycles. The summed E-state index contributed by atoms with van der Waals surface area (Å²) in [6.07, 6.45) is 2.07. The van der Waals surface area contributed by atoms with E-state index in [9.17, 15) is 9.59 Å². The average molecular weight is 369 g/mol. The number of hydrogen-bond donors (Lipinski definition) is 3. The van der Waals surface area contributed by atoms with E-state index >= 15 is 0 Å². The van der Waals surface area contributed by atoms with Crippen molar-refractivity contribution in [1.82, 2.24) is 5.32 Å². The molecular weight excluding hydrogens is 342 g/mol. The molecule has 6 nitrogen and oxygen atoms in total. The van der Waals surface area contributed by atoms with Crippen LogP contribution in [0.25, 0.3) is 0 Å². The Bertz CT molecular complexity index is 717. The van der Waals surface area contributed by atoms with Gasteiger partial charge in [0, 0.05) is 5.69 Å². The lowest BCUT2D eigenvalue weighted by Crippen LogP contribution is -2.45. The van der Waals surface area contributed by atoms with Crippen LogP contribution in [0.5, 0.6) is 5.75 Å². The molecule has 27 heavy (non-hydrogen) atoms. The van der Waals surface area contributed by atoms with Gasteiger partial charge in [-0.25, -0.2) is 0 Å². The average Bonchev–Trinajstić information content (AvgIpc) is 2.68. The monoisotopic (exact) mass is 369 g/mol. The molecule has 0 fully saturated rings. The van der Waals surface area contributed by atoms with Crippen molar-refractivity contribution in [2.45, 2.75) is 32.2 Å². The Hall–Kier alpha value is -2.86. The number of carbonyl (C=O) groups excluding carboxylic acids is 2. The first-order valence-electron chi connectivity index (χ1n) is 9.13. The molecule has 2 aromatic rings. The number of benzene rings is 2. The lowest BCUT2D eigenvalue weighted by molar-refractivity contribution is -0.128. The van der Waals surface area contributed by atoms with Gasteiger partial charge in [0.25, 0.3) is 5.91 Å². The van der Waals surface area contributed by atoms with Gasteiger partial charge in [0.15, 0.2) is 6.61 Å². The van der Waals surface area contributed by atoms with E-state index in [1.807, 2.05) is 49.4 Å². The molecule has 0 spiro atoms. The van der Waals surface area contributed by atoms with Gasteiger partial charge in [-0.1, -0.05) is 35.9 Å². The van der Waals surface area contributed by atoms with Crippen molar-refractivity contribution >= 4 is 17.5 Å². The normalized spacial score (nSPS) is 11.5. The first-order chi connectivity index (χ1) is 13.1. The Morgan fingerprint density at radius 3 is 2.41 bits per heavy atom. The Morgan fingerprint density at radius 1 is 1.04 bits per heavy atom. The minimum absolute atomic E-state index is 0.144. The van der Waals surface area contributed by atoms with Crippen molar-refractivity contribution in [2.75, 3.05) is 18.5 Å². The highest BCUT2D eigenvalue weighted by atomic mass is 16.5. The number of nitrogens with two attached hydrogens (primary N) is 1. The highest BCUT2D eigenvalue weighted by Gasteiger charge is 2.20. The van der Waals surface area contributed by atoms with Crippen LogP contribution in [-0.4, -0.2) is 31.0 Å². The molecule has 0 bridgehead atoms. The smallest absolute Gasteiger partial charge is 0.258 e. The first kappa shape index (κ1) is 20.5. The molecule has 0 aliphatic heterocycles. The van der Waals surface area contributed by atoms with Crippen LogP contribution in [0.15, 0.2) is 54.6 Å². The standard InChI is InChI=1S/C21H27N3O3/c1-16-10-12-17(13-11-16)23-21(26)19(9-5-6-14-22)24-20(25)15-27-18-7-3-2-4-8-18/h2-4,7-8,10-13,19H,5-6,9,14-15,22H2,1H3,(H,23,26)(H,24,25)/t19-/m0/s1. The lowest BCUT2D eigenvalue weighted by Gasteiger charge is -2.19. The maximum absolute atomic E-state index is 12.6. The lowest BCUT2D eigenvalue weighted by atomic mass is 10.1. The zero-order valence-corrected chi connectivity index (χ0v) is 15.6. The van der Waals surface area contributed by atoms with E-state index in [1.54, 1.807) is 12.1 Å². The number of amides is 2. The summed E-state index contributed by atoms with van der Waals surface area (Å²) in [5, 5.41) is 5.61. The highest BCUT2D eigenvalue weighted by Crippen LogP contribution is 2.11. The fourth-order valence-electron chi connectivity index (χ4n) is 2.53. The van der Waals surface area contributed by atoms with Gasteiger partial charge in [-0.3, -0.25) is 9.59 Å². The van der Waals surface area contributed by atoms with Gasteiger partial charge in [-0.2, -0.15) is 0 Å². The fraction of sp³-hybridized carbons (Fsp3) is 0.333. The van der Waals surface area contributed by atoms with Gasteiger partial charge in [0.05, 0.1) is 0 Å². The van der Waals surface area contributed by atoms with Crippen molar-refractivity contribution in [3.05, 3.63) is 60.2 Å². The van der Waals surface area contributed by atoms with E-state index in [1.165, 1.54) is 0 Å². The minimum atomic E-state index is -0.635. The van der Waals surface area contributed by atoms with Crippen LogP contribution in [0.3, 0.4) is 0 Å². The number of nitrogens with one attached hydrogen (secondary N) is 2. The molecule has 0 aliphatic carbocycles. The van der Waals surface area contributed by atoms with E-state index in [0.717, 1.165) is 18.4 Å². The maximum atomic E-state index is 12.6. The predicted molar refractivity (Wildman–Crippen MR) is 107 cm³/mol. The third kappa shape index (κ3) is 7.50. The molecule has 0 saturated heterocycles. The molecule has 4 N–H and O–H groups in total. The molecule has 0 radical (unpaired) electrons. The third-order valence-corrected chi connectivity index (χ3v) is 4.03. The van der Waals surface area contributed by atoms with Crippen LogP contribution < -0.4 is 21.1 Å². The fourth-order valence-corrected chi connectivity index (χ4v) is 2.53. The number of rotatable bonds is 10. The van der Waals surface area contributed by atoms with Crippen LogP contribution in [0.4, 0.5) is 5.69 Å². The SMILES string of the molecule is Cc1ccc(NC(=O)[C@H](CCCCN)NC(=O)COc2ccccc2)cc1. The molecular formula is C21H27N3O3. The summed E-state index contributed by atoms with van der Waals surface area (Å²) in [5.74, 6) is 0.0241. The van der Waals surface area contributed by atoms with Gasteiger partial charge in [0.2, 0.25) is 5.91 Å². The van der Waals surface area contributed by atoms with Crippen LogP contribution >= 0.6 is 0 Å². The van der Waals surface area contributed by atoms with Crippen molar-refractivity contribution in [3.63, 3.8) is 0 Å². The van der Waals surface area contributed by atoms with E-state index in [0.29, 0.717) is 24.4 Å². The maximum Gasteiger partial charge on any atom is 0.258 e. The van der Waals surface area contributed by atoms with Gasteiger partial charge < -0.3 is 21.1 Å². The van der Waals surface area contributed by atoms with E-state index in [2.05, 4.69) is 10.6 Å². The zero-order valence-electron chi connectivity index (χ0n) is 15.6. The molecule has 0 aliphatic rings. The topological polar surface area (TPSA) is 93.5 Å². The molecule has 6 heteroatoms. The number of aryl methyl sites for hydroxylation is 1. The van der Waals surface area contributed by atoms with Gasteiger partial charge >= 0.3 is 0 Å². The summed E-state index contributed by atoms with van der Waals surface area (Å²) in [4.78, 5) is 24.8. The Labute approximate surface area is 160 Å². The van der Waals surface area contributed by atoms with Crippen LogP contribution in [-0.2, 0) is 9.59 Å². The quantitative estimate of drug-likeness (QED) is 0.561. The predicted octanol–water partition coefficient (Wildman–Crippen LogP) is 2.63. The molecule has 144 valence electrons. The first-order valence-corrected chi connectivity index (χ1v) is 9.13. The van der Waals surface area contributed by atoms with E-state index < -0.39 is 6.04 Å². The van der Waals surface area contributed by atoms with Gasteiger partial charge in [-0.15, -0.1) is 0 Å². The summed E-state index contributed by atoms with van der Waals surface area (Å²) in [6.45, 7) is 2.39. The second-order valence-electron chi connectivity index (χ2n) is 6.36. The Balaban J connectivity index is 1.92. The summed E-state index contributed by atoms with van der Waals surface area (Å²) >= 11 is 0. The molecule has 0 saturated carbocycles. The number of hydrogen-bond acceptors (Lipinski definition) is 4. The van der Waals surface area contributed by atoms with E-state index in [-0.39, 0.29) is 18.4 Å². The Morgan fingerprint density at radius 2 is 1.74 bits per heavy atom. The summed E-state index contributed by atoms with van der Waals surface area (Å²) in [7, 11) is 0. The number of ether oxygens (including phenoxy) is 1. The number of carbonyl (C=O) groups is 2. The summed E-state index contributed by atoms with van der Waals surface area (Å²) < 4.78 is 5.44. The highest BCUT2D eigenvalue weighted by molar-refractivity contribution is 5.97. The van der Waals surface area contributed by atoms with Crippen LogP contribution in [0, 0.1) is 6.92 Å². The molecule has 2 rings (SSSR count). The number of unbranched alkanes of at least 4 members (excludes halogenated alkanes) is 1.